The van der Waals surface area contributed by atoms with Crippen molar-refractivity contribution in [3.8, 4) is 0 Å². The average molecular weight is 487 g/mol. The summed E-state index contributed by atoms with van der Waals surface area (Å²) in [5.74, 6) is -0.997. The molecule has 0 bridgehead atoms. The summed E-state index contributed by atoms with van der Waals surface area (Å²) in [6.45, 7) is 2.96. The van der Waals surface area contributed by atoms with Crippen molar-refractivity contribution in [3.63, 3.8) is 0 Å². The summed E-state index contributed by atoms with van der Waals surface area (Å²) in [4.78, 5) is 47.3. The minimum Gasteiger partial charge on any atom is -0.339 e. The molecule has 0 aliphatic carbocycles. The third-order valence-electron chi connectivity index (χ3n) is 7.20. The molecule has 36 heavy (non-hydrogen) atoms. The Kier molecular flexibility index (Phi) is 6.26. The Morgan fingerprint density at radius 2 is 1.75 bits per heavy atom. The van der Waals surface area contributed by atoms with Crippen LogP contribution < -0.4 is 5.32 Å². The predicted molar refractivity (Wildman–Crippen MR) is 131 cm³/mol. The Labute approximate surface area is 208 Å². The summed E-state index contributed by atoms with van der Waals surface area (Å²) in [5.41, 5.74) is 1.72. The van der Waals surface area contributed by atoms with Crippen molar-refractivity contribution in [3.05, 3.63) is 101 Å². The number of aryl methyl sites for hydroxylation is 1. The molecule has 5 rings (SSSR count). The van der Waals surface area contributed by atoms with Gasteiger partial charge in [-0.15, -0.1) is 0 Å². The normalized spacial score (nSPS) is 20.5. The molecule has 2 fully saturated rings. The lowest BCUT2D eigenvalue weighted by Crippen LogP contribution is -2.54. The van der Waals surface area contributed by atoms with Crippen molar-refractivity contribution in [1.29, 1.82) is 0 Å². The highest BCUT2D eigenvalue weighted by molar-refractivity contribution is 6.07. The molecular weight excluding hydrogens is 459 g/mol. The van der Waals surface area contributed by atoms with Crippen LogP contribution in [0.15, 0.2) is 73.1 Å². The Morgan fingerprint density at radius 3 is 2.39 bits per heavy atom. The number of hydrogen-bond donors (Lipinski definition) is 1. The maximum atomic E-state index is 13.9. The number of rotatable bonds is 5. The Hall–Kier alpha value is -4.07. The zero-order valence-corrected chi connectivity index (χ0v) is 20.0. The smallest absolute Gasteiger partial charge is 0.325 e. The first-order valence-corrected chi connectivity index (χ1v) is 12.0. The standard InChI is InChI=1S/C28H27FN4O3/c1-19-4-8-21(9-5-19)25(34)32-15-12-22(13-16-32)28(23-3-2-14-30-17-23)26(35)33(27(36)31-28)18-20-6-10-24(29)11-7-20/h2-11,14,17,22H,12-13,15-16,18H2,1H3,(H,31,36). The fourth-order valence-electron chi connectivity index (χ4n) is 5.21. The Morgan fingerprint density at radius 1 is 1.06 bits per heavy atom. The van der Waals surface area contributed by atoms with Crippen LogP contribution in [0.3, 0.4) is 0 Å². The number of benzene rings is 2. The molecule has 2 aliphatic rings. The SMILES string of the molecule is Cc1ccc(C(=O)N2CCC(C3(c4cccnc4)NC(=O)N(Cc4ccc(F)cc4)C3=O)CC2)cc1. The van der Waals surface area contributed by atoms with Crippen LogP contribution in [-0.4, -0.2) is 45.7 Å². The van der Waals surface area contributed by atoms with E-state index in [9.17, 15) is 18.8 Å². The molecule has 4 amide bonds. The van der Waals surface area contributed by atoms with Gasteiger partial charge in [-0.05, 0) is 61.6 Å². The quantitative estimate of drug-likeness (QED) is 0.552. The highest BCUT2D eigenvalue weighted by Gasteiger charge is 2.57. The number of carbonyl (C=O) groups excluding carboxylic acids is 3. The zero-order chi connectivity index (χ0) is 25.3. The first-order chi connectivity index (χ1) is 17.4. The zero-order valence-electron chi connectivity index (χ0n) is 20.0. The minimum absolute atomic E-state index is 0.0383. The van der Waals surface area contributed by atoms with E-state index < -0.39 is 11.6 Å². The van der Waals surface area contributed by atoms with E-state index in [0.29, 0.717) is 42.6 Å². The van der Waals surface area contributed by atoms with E-state index in [1.807, 2.05) is 31.2 Å². The highest BCUT2D eigenvalue weighted by atomic mass is 19.1. The number of halogens is 1. The number of urea groups is 1. The van der Waals surface area contributed by atoms with E-state index in [1.54, 1.807) is 41.6 Å². The van der Waals surface area contributed by atoms with Crippen molar-refractivity contribution in [1.82, 2.24) is 20.1 Å². The molecule has 0 spiro atoms. The van der Waals surface area contributed by atoms with E-state index in [-0.39, 0.29) is 30.1 Å². The minimum atomic E-state index is -1.27. The number of nitrogens with one attached hydrogen (secondary N) is 1. The first kappa shape index (κ1) is 23.7. The van der Waals surface area contributed by atoms with E-state index in [2.05, 4.69) is 10.3 Å². The fraction of sp³-hybridized carbons (Fsp3) is 0.286. The molecule has 0 radical (unpaired) electrons. The second-order valence-corrected chi connectivity index (χ2v) is 9.43. The van der Waals surface area contributed by atoms with Gasteiger partial charge < -0.3 is 10.2 Å². The van der Waals surface area contributed by atoms with Crippen LogP contribution in [0.5, 0.6) is 0 Å². The second-order valence-electron chi connectivity index (χ2n) is 9.43. The van der Waals surface area contributed by atoms with Crippen molar-refractivity contribution < 1.29 is 18.8 Å². The van der Waals surface area contributed by atoms with E-state index in [0.717, 1.165) is 5.56 Å². The van der Waals surface area contributed by atoms with Crippen LogP contribution in [0.2, 0.25) is 0 Å². The lowest BCUT2D eigenvalue weighted by molar-refractivity contribution is -0.134. The van der Waals surface area contributed by atoms with Gasteiger partial charge >= 0.3 is 6.03 Å². The number of piperidine rings is 1. The predicted octanol–water partition coefficient (Wildman–Crippen LogP) is 4.03. The van der Waals surface area contributed by atoms with Crippen LogP contribution in [0.1, 0.15) is 39.9 Å². The second kappa shape index (κ2) is 9.53. The van der Waals surface area contributed by atoms with Crippen LogP contribution in [-0.2, 0) is 16.9 Å². The molecule has 3 heterocycles. The summed E-state index contributed by atoms with van der Waals surface area (Å²) < 4.78 is 13.4. The Balaban J connectivity index is 1.39. The van der Waals surface area contributed by atoms with Gasteiger partial charge in [-0.3, -0.25) is 19.5 Å². The molecule has 2 saturated heterocycles. The largest absolute Gasteiger partial charge is 0.339 e. The van der Waals surface area contributed by atoms with E-state index in [1.165, 1.54) is 17.0 Å². The summed E-state index contributed by atoms with van der Waals surface area (Å²) in [6, 6.07) is 16.3. The molecule has 0 saturated carbocycles. The van der Waals surface area contributed by atoms with E-state index >= 15 is 0 Å². The van der Waals surface area contributed by atoms with Gasteiger partial charge in [0, 0.05) is 36.6 Å². The van der Waals surface area contributed by atoms with Gasteiger partial charge in [0.1, 0.15) is 5.82 Å². The van der Waals surface area contributed by atoms with Crippen molar-refractivity contribution in [2.75, 3.05) is 13.1 Å². The van der Waals surface area contributed by atoms with Crippen LogP contribution in [0.4, 0.5) is 9.18 Å². The highest BCUT2D eigenvalue weighted by Crippen LogP contribution is 2.41. The molecule has 1 N–H and O–H groups in total. The Bertz CT molecular complexity index is 1270. The number of aromatic nitrogens is 1. The number of hydrogen-bond acceptors (Lipinski definition) is 4. The lowest BCUT2D eigenvalue weighted by atomic mass is 9.73. The molecule has 2 aromatic carbocycles. The maximum Gasteiger partial charge on any atom is 0.325 e. The molecule has 184 valence electrons. The molecule has 3 aromatic rings. The summed E-state index contributed by atoms with van der Waals surface area (Å²) in [7, 11) is 0. The van der Waals surface area contributed by atoms with Crippen LogP contribution in [0.25, 0.3) is 0 Å². The van der Waals surface area contributed by atoms with Gasteiger partial charge in [-0.1, -0.05) is 35.9 Å². The summed E-state index contributed by atoms with van der Waals surface area (Å²) in [6.07, 6.45) is 4.33. The van der Waals surface area contributed by atoms with Gasteiger partial charge in [0.2, 0.25) is 0 Å². The van der Waals surface area contributed by atoms with Gasteiger partial charge in [0.15, 0.2) is 5.54 Å². The number of imide groups is 1. The van der Waals surface area contributed by atoms with Crippen LogP contribution in [0, 0.1) is 18.7 Å². The number of pyridine rings is 1. The monoisotopic (exact) mass is 486 g/mol. The average Bonchev–Trinajstić information content (AvgIpc) is 3.16. The fourth-order valence-corrected chi connectivity index (χ4v) is 5.21. The van der Waals surface area contributed by atoms with E-state index in [4.69, 9.17) is 0 Å². The topological polar surface area (TPSA) is 82.6 Å². The number of amides is 4. The lowest BCUT2D eigenvalue weighted by Gasteiger charge is -2.41. The first-order valence-electron chi connectivity index (χ1n) is 12.0. The number of nitrogens with zero attached hydrogens (tertiary/aromatic N) is 3. The molecule has 1 aromatic heterocycles. The third kappa shape index (κ3) is 4.23. The molecule has 7 nitrogen and oxygen atoms in total. The molecule has 1 atom stereocenters. The van der Waals surface area contributed by atoms with Gasteiger partial charge in [-0.2, -0.15) is 0 Å². The molecule has 8 heteroatoms. The van der Waals surface area contributed by atoms with Gasteiger partial charge in [-0.25, -0.2) is 9.18 Å². The summed E-state index contributed by atoms with van der Waals surface area (Å²) in [5, 5.41) is 2.99. The molecule has 2 aliphatic heterocycles. The molecular formula is C28H27FN4O3. The van der Waals surface area contributed by atoms with Gasteiger partial charge in [0.25, 0.3) is 11.8 Å². The van der Waals surface area contributed by atoms with Crippen LogP contribution >= 0.6 is 0 Å². The summed E-state index contributed by atoms with van der Waals surface area (Å²) >= 11 is 0. The maximum absolute atomic E-state index is 13.9. The van der Waals surface area contributed by atoms with Gasteiger partial charge in [0.05, 0.1) is 6.54 Å². The molecule has 1 unspecified atom stereocenters. The van der Waals surface area contributed by atoms with Crippen molar-refractivity contribution >= 4 is 17.8 Å². The third-order valence-corrected chi connectivity index (χ3v) is 7.20. The number of likely N-dealkylation sites (tertiary alicyclic amines) is 1. The number of carbonyl (C=O) groups is 3. The van der Waals surface area contributed by atoms with Crippen molar-refractivity contribution in [2.24, 2.45) is 5.92 Å². The van der Waals surface area contributed by atoms with Crippen molar-refractivity contribution in [2.45, 2.75) is 31.8 Å².